The topological polar surface area (TPSA) is 41.1 Å². The van der Waals surface area contributed by atoms with E-state index < -0.39 is 0 Å². The highest BCUT2D eigenvalue weighted by Gasteiger charge is 2.31. The zero-order chi connectivity index (χ0) is 14.1. The first kappa shape index (κ1) is 16.5. The molecule has 1 amide bonds. The molecule has 0 radical (unpaired) electrons. The molecule has 1 saturated heterocycles. The fraction of sp³-hybridized carbons (Fsp3) is 0.938. The number of unbranched alkanes of at least 4 members (excludes halogenated alkanes) is 4. The van der Waals surface area contributed by atoms with Crippen molar-refractivity contribution in [3.8, 4) is 0 Å². The highest BCUT2D eigenvalue weighted by atomic mass is 16.1. The largest absolute Gasteiger partial charge is 0.355 e. The third kappa shape index (κ3) is 6.42. The van der Waals surface area contributed by atoms with Gasteiger partial charge < -0.3 is 10.6 Å². The Kier molecular flexibility index (Phi) is 7.44. The minimum Gasteiger partial charge on any atom is -0.355 e. The summed E-state index contributed by atoms with van der Waals surface area (Å²) in [5.41, 5.74) is 0.298. The smallest absolute Gasteiger partial charge is 0.220 e. The molecular weight excluding hydrogens is 236 g/mol. The van der Waals surface area contributed by atoms with Crippen LogP contribution in [0.15, 0.2) is 0 Å². The van der Waals surface area contributed by atoms with E-state index in [1.165, 1.54) is 38.5 Å². The van der Waals surface area contributed by atoms with Gasteiger partial charge in [-0.15, -0.1) is 0 Å². The molecule has 1 aliphatic rings. The van der Waals surface area contributed by atoms with Gasteiger partial charge >= 0.3 is 0 Å². The molecule has 3 nitrogen and oxygen atoms in total. The van der Waals surface area contributed by atoms with Crippen molar-refractivity contribution in [3.63, 3.8) is 0 Å². The molecule has 1 aliphatic heterocycles. The summed E-state index contributed by atoms with van der Waals surface area (Å²) in [7, 11) is 0. The van der Waals surface area contributed by atoms with Crippen LogP contribution in [0.5, 0.6) is 0 Å². The van der Waals surface area contributed by atoms with Crippen LogP contribution in [-0.4, -0.2) is 25.0 Å². The van der Waals surface area contributed by atoms with Crippen molar-refractivity contribution in [1.82, 2.24) is 10.6 Å². The van der Waals surface area contributed by atoms with E-state index in [0.717, 1.165) is 19.5 Å². The minimum atomic E-state index is 0.222. The number of carbonyl (C=O) groups is 1. The second-order valence-electron chi connectivity index (χ2n) is 6.57. The van der Waals surface area contributed by atoms with Gasteiger partial charge in [0, 0.05) is 19.0 Å². The zero-order valence-corrected chi connectivity index (χ0v) is 13.1. The summed E-state index contributed by atoms with van der Waals surface area (Å²) in [5.74, 6) is 0.222. The van der Waals surface area contributed by atoms with E-state index >= 15 is 0 Å². The molecule has 1 atom stereocenters. The van der Waals surface area contributed by atoms with Gasteiger partial charge in [-0.05, 0) is 31.2 Å². The van der Waals surface area contributed by atoms with Gasteiger partial charge in [-0.25, -0.2) is 0 Å². The average molecular weight is 268 g/mol. The molecule has 0 aromatic heterocycles. The molecule has 2 N–H and O–H groups in total. The predicted molar refractivity (Wildman–Crippen MR) is 81.2 cm³/mol. The quantitative estimate of drug-likeness (QED) is 0.664. The Labute approximate surface area is 118 Å². The summed E-state index contributed by atoms with van der Waals surface area (Å²) in [6, 6.07) is 0.422. The number of piperidine rings is 1. The van der Waals surface area contributed by atoms with Crippen molar-refractivity contribution in [2.45, 2.75) is 78.2 Å². The molecule has 1 fully saturated rings. The Morgan fingerprint density at radius 2 is 2.00 bits per heavy atom. The number of hydrogen-bond acceptors (Lipinski definition) is 2. The van der Waals surface area contributed by atoms with Crippen LogP contribution in [0.25, 0.3) is 0 Å². The second kappa shape index (κ2) is 8.57. The van der Waals surface area contributed by atoms with Crippen molar-refractivity contribution < 1.29 is 4.79 Å². The Bertz CT molecular complexity index is 263. The Morgan fingerprint density at radius 3 is 2.68 bits per heavy atom. The highest BCUT2D eigenvalue weighted by Crippen LogP contribution is 2.29. The van der Waals surface area contributed by atoms with Crippen molar-refractivity contribution in [2.24, 2.45) is 5.41 Å². The lowest BCUT2D eigenvalue weighted by Gasteiger charge is -2.39. The summed E-state index contributed by atoms with van der Waals surface area (Å²) in [5, 5.41) is 6.63. The summed E-state index contributed by atoms with van der Waals surface area (Å²) in [4.78, 5) is 11.8. The van der Waals surface area contributed by atoms with Crippen LogP contribution >= 0.6 is 0 Å². The number of nitrogens with one attached hydrogen (secondary N) is 2. The van der Waals surface area contributed by atoms with Crippen molar-refractivity contribution in [2.75, 3.05) is 13.1 Å². The maximum atomic E-state index is 11.8. The third-order valence-corrected chi connectivity index (χ3v) is 4.34. The molecule has 112 valence electrons. The van der Waals surface area contributed by atoms with E-state index in [0.29, 0.717) is 17.9 Å². The van der Waals surface area contributed by atoms with Crippen molar-refractivity contribution in [1.29, 1.82) is 0 Å². The molecule has 1 unspecified atom stereocenters. The molecule has 1 rings (SSSR count). The summed E-state index contributed by atoms with van der Waals surface area (Å²) < 4.78 is 0. The van der Waals surface area contributed by atoms with Crippen LogP contribution in [0.2, 0.25) is 0 Å². The van der Waals surface area contributed by atoms with Gasteiger partial charge in [0.2, 0.25) is 5.91 Å². The molecule has 3 heteroatoms. The number of amides is 1. The molecule has 0 spiro atoms. The molecule has 0 aromatic rings. The molecule has 0 aliphatic carbocycles. The zero-order valence-electron chi connectivity index (χ0n) is 13.1. The summed E-state index contributed by atoms with van der Waals surface area (Å²) in [6.07, 6.45) is 9.22. The van der Waals surface area contributed by atoms with E-state index in [1.807, 2.05) is 0 Å². The summed E-state index contributed by atoms with van der Waals surface area (Å²) in [6.45, 7) is 8.66. The molecule has 0 aromatic carbocycles. The minimum absolute atomic E-state index is 0.222. The Hall–Kier alpha value is -0.570. The molecule has 0 saturated carbocycles. The number of hydrogen-bond donors (Lipinski definition) is 2. The van der Waals surface area contributed by atoms with Crippen LogP contribution in [-0.2, 0) is 4.79 Å². The number of carbonyl (C=O) groups excluding carboxylic acids is 1. The first-order valence-corrected chi connectivity index (χ1v) is 8.06. The van der Waals surface area contributed by atoms with Crippen LogP contribution in [0.1, 0.15) is 72.1 Å². The average Bonchev–Trinajstić information content (AvgIpc) is 2.37. The van der Waals surface area contributed by atoms with Gasteiger partial charge in [-0.3, -0.25) is 4.79 Å². The maximum absolute atomic E-state index is 11.8. The Morgan fingerprint density at radius 1 is 1.26 bits per heavy atom. The fourth-order valence-corrected chi connectivity index (χ4v) is 2.81. The third-order valence-electron chi connectivity index (χ3n) is 4.34. The standard InChI is InChI=1S/C16H32N2O/c1-4-5-6-7-8-10-15(19)18-13-14-16(2,3)11-9-12-17-14/h14,17H,4-13H2,1-3H3,(H,18,19). The van der Waals surface area contributed by atoms with Crippen LogP contribution in [0.4, 0.5) is 0 Å². The van der Waals surface area contributed by atoms with E-state index in [4.69, 9.17) is 0 Å². The SMILES string of the molecule is CCCCCCCC(=O)NCC1NCCCC1(C)C. The Balaban J connectivity index is 2.12. The highest BCUT2D eigenvalue weighted by molar-refractivity contribution is 5.75. The van der Waals surface area contributed by atoms with Gasteiger partial charge in [0.15, 0.2) is 0 Å². The van der Waals surface area contributed by atoms with Crippen molar-refractivity contribution >= 4 is 5.91 Å². The first-order valence-electron chi connectivity index (χ1n) is 8.06. The molecule has 0 bridgehead atoms. The normalized spacial score (nSPS) is 22.2. The lowest BCUT2D eigenvalue weighted by Crippen LogP contribution is -2.52. The van der Waals surface area contributed by atoms with E-state index in [-0.39, 0.29) is 5.91 Å². The second-order valence-corrected chi connectivity index (χ2v) is 6.57. The fourth-order valence-electron chi connectivity index (χ4n) is 2.81. The predicted octanol–water partition coefficient (Wildman–Crippen LogP) is 3.24. The summed E-state index contributed by atoms with van der Waals surface area (Å²) >= 11 is 0. The molecule has 19 heavy (non-hydrogen) atoms. The van der Waals surface area contributed by atoms with E-state index in [1.54, 1.807) is 0 Å². The maximum Gasteiger partial charge on any atom is 0.220 e. The van der Waals surface area contributed by atoms with E-state index in [9.17, 15) is 4.79 Å². The molecular formula is C16H32N2O. The van der Waals surface area contributed by atoms with Crippen LogP contribution in [0, 0.1) is 5.41 Å². The van der Waals surface area contributed by atoms with Gasteiger partial charge in [-0.1, -0.05) is 46.5 Å². The van der Waals surface area contributed by atoms with Gasteiger partial charge in [-0.2, -0.15) is 0 Å². The lowest BCUT2D eigenvalue weighted by atomic mass is 9.77. The van der Waals surface area contributed by atoms with Crippen LogP contribution < -0.4 is 10.6 Å². The van der Waals surface area contributed by atoms with Gasteiger partial charge in [0.05, 0.1) is 0 Å². The van der Waals surface area contributed by atoms with Crippen molar-refractivity contribution in [3.05, 3.63) is 0 Å². The number of rotatable bonds is 8. The van der Waals surface area contributed by atoms with Gasteiger partial charge in [0.1, 0.15) is 0 Å². The van der Waals surface area contributed by atoms with E-state index in [2.05, 4.69) is 31.4 Å². The van der Waals surface area contributed by atoms with Crippen LogP contribution in [0.3, 0.4) is 0 Å². The lowest BCUT2D eigenvalue weighted by molar-refractivity contribution is -0.121. The first-order chi connectivity index (χ1) is 9.06. The van der Waals surface area contributed by atoms with Gasteiger partial charge in [0.25, 0.3) is 0 Å². The monoisotopic (exact) mass is 268 g/mol. The molecule has 1 heterocycles.